The molecule has 0 aromatic heterocycles. The number of carbonyl (C=O) groups excluding carboxylic acids is 1. The van der Waals surface area contributed by atoms with Gasteiger partial charge in [0.1, 0.15) is 0 Å². The minimum atomic E-state index is -0.00860. The summed E-state index contributed by atoms with van der Waals surface area (Å²) in [6.45, 7) is 6.66. The molecular formula is C17H33O2. The first kappa shape index (κ1) is 18.5. The molecule has 0 amide bonds. The van der Waals surface area contributed by atoms with Gasteiger partial charge in [0, 0.05) is 6.42 Å². The van der Waals surface area contributed by atoms with Crippen molar-refractivity contribution in [2.75, 3.05) is 6.61 Å². The van der Waals surface area contributed by atoms with Crippen LogP contribution in [0.2, 0.25) is 0 Å². The van der Waals surface area contributed by atoms with Crippen molar-refractivity contribution >= 4 is 5.97 Å². The molecule has 0 heterocycles. The number of hydrogen-bond acceptors (Lipinski definition) is 2. The normalized spacial score (nSPS) is 10.6. The lowest BCUT2D eigenvalue weighted by molar-refractivity contribution is -0.143. The Balaban J connectivity index is 3.13. The van der Waals surface area contributed by atoms with E-state index in [1.807, 2.05) is 0 Å². The Morgan fingerprint density at radius 3 is 2.11 bits per heavy atom. The van der Waals surface area contributed by atoms with E-state index in [9.17, 15) is 4.79 Å². The molecule has 2 heteroatoms. The topological polar surface area (TPSA) is 26.3 Å². The van der Waals surface area contributed by atoms with Crippen molar-refractivity contribution in [1.82, 2.24) is 0 Å². The van der Waals surface area contributed by atoms with Gasteiger partial charge in [-0.25, -0.2) is 0 Å². The fourth-order valence-electron chi connectivity index (χ4n) is 2.12. The summed E-state index contributed by atoms with van der Waals surface area (Å²) in [5.74, 6) is -0.00860. The van der Waals surface area contributed by atoms with Crippen molar-refractivity contribution < 1.29 is 9.53 Å². The third-order valence-electron chi connectivity index (χ3n) is 3.39. The Hall–Kier alpha value is -0.530. The lowest BCUT2D eigenvalue weighted by Crippen LogP contribution is -2.05. The molecule has 0 aromatic carbocycles. The number of ether oxygens (including phenoxy) is 1. The summed E-state index contributed by atoms with van der Waals surface area (Å²) in [5, 5.41) is 0. The van der Waals surface area contributed by atoms with Gasteiger partial charge in [-0.2, -0.15) is 0 Å². The molecule has 19 heavy (non-hydrogen) atoms. The average molecular weight is 269 g/mol. The minimum absolute atomic E-state index is 0.00860. The molecule has 0 spiro atoms. The smallest absolute Gasteiger partial charge is 0.305 e. The molecule has 0 atom stereocenters. The predicted molar refractivity (Wildman–Crippen MR) is 82.0 cm³/mol. The van der Waals surface area contributed by atoms with Gasteiger partial charge < -0.3 is 4.74 Å². The molecule has 1 radical (unpaired) electrons. The molecule has 0 aliphatic rings. The summed E-state index contributed by atoms with van der Waals surface area (Å²) in [4.78, 5) is 11.4. The van der Waals surface area contributed by atoms with Gasteiger partial charge in [-0.3, -0.25) is 4.79 Å². The van der Waals surface area contributed by atoms with Gasteiger partial charge in [0.05, 0.1) is 6.61 Å². The second kappa shape index (κ2) is 15.5. The second-order valence-electron chi connectivity index (χ2n) is 5.36. The van der Waals surface area contributed by atoms with Gasteiger partial charge in [0.15, 0.2) is 0 Å². The SMILES string of the molecule is [CH2]CCCCCCCC(=O)OCCCCCCCC. The van der Waals surface area contributed by atoms with Crippen LogP contribution in [0.4, 0.5) is 0 Å². The molecule has 2 nitrogen and oxygen atoms in total. The number of rotatable bonds is 14. The molecule has 0 rings (SSSR count). The largest absolute Gasteiger partial charge is 0.466 e. The molecule has 0 aliphatic heterocycles. The number of hydrogen-bond donors (Lipinski definition) is 0. The lowest BCUT2D eigenvalue weighted by atomic mass is 10.1. The number of carbonyl (C=O) groups is 1. The Bertz CT molecular complexity index is 190. The molecule has 113 valence electrons. The van der Waals surface area contributed by atoms with Crippen LogP contribution in [0.25, 0.3) is 0 Å². The van der Waals surface area contributed by atoms with Crippen molar-refractivity contribution in [3.05, 3.63) is 6.92 Å². The van der Waals surface area contributed by atoms with Crippen molar-refractivity contribution in [2.24, 2.45) is 0 Å². The highest BCUT2D eigenvalue weighted by atomic mass is 16.5. The first-order valence-corrected chi connectivity index (χ1v) is 8.26. The van der Waals surface area contributed by atoms with E-state index < -0.39 is 0 Å². The zero-order valence-corrected chi connectivity index (χ0v) is 12.9. The highest BCUT2D eigenvalue weighted by Gasteiger charge is 2.02. The Morgan fingerprint density at radius 1 is 0.842 bits per heavy atom. The Morgan fingerprint density at radius 2 is 1.42 bits per heavy atom. The van der Waals surface area contributed by atoms with Crippen LogP contribution >= 0.6 is 0 Å². The number of esters is 1. The van der Waals surface area contributed by atoms with E-state index in [1.165, 1.54) is 51.4 Å². The lowest BCUT2D eigenvalue weighted by Gasteiger charge is -2.05. The molecule has 0 aromatic rings. The van der Waals surface area contributed by atoms with E-state index in [0.29, 0.717) is 13.0 Å². The minimum Gasteiger partial charge on any atom is -0.466 e. The van der Waals surface area contributed by atoms with Crippen LogP contribution in [0.5, 0.6) is 0 Å². The van der Waals surface area contributed by atoms with E-state index in [0.717, 1.165) is 25.7 Å². The van der Waals surface area contributed by atoms with Gasteiger partial charge >= 0.3 is 5.97 Å². The summed E-state index contributed by atoms with van der Waals surface area (Å²) in [7, 11) is 0. The summed E-state index contributed by atoms with van der Waals surface area (Å²) in [6.07, 6.45) is 14.8. The third kappa shape index (κ3) is 15.4. The first-order valence-electron chi connectivity index (χ1n) is 8.26. The molecule has 0 aliphatic carbocycles. The van der Waals surface area contributed by atoms with Gasteiger partial charge in [0.25, 0.3) is 0 Å². The van der Waals surface area contributed by atoms with Crippen molar-refractivity contribution in [1.29, 1.82) is 0 Å². The fraction of sp³-hybridized carbons (Fsp3) is 0.882. The van der Waals surface area contributed by atoms with E-state index >= 15 is 0 Å². The summed E-state index contributed by atoms with van der Waals surface area (Å²) >= 11 is 0. The van der Waals surface area contributed by atoms with Crippen molar-refractivity contribution in [2.45, 2.75) is 90.4 Å². The Kier molecular flexibility index (Phi) is 15.1. The van der Waals surface area contributed by atoms with Gasteiger partial charge in [-0.1, -0.05) is 78.1 Å². The highest BCUT2D eigenvalue weighted by molar-refractivity contribution is 5.69. The summed E-state index contributed by atoms with van der Waals surface area (Å²) in [5.41, 5.74) is 0. The quantitative estimate of drug-likeness (QED) is 0.309. The molecule has 0 unspecified atom stereocenters. The highest BCUT2D eigenvalue weighted by Crippen LogP contribution is 2.08. The van der Waals surface area contributed by atoms with Crippen LogP contribution in [-0.2, 0) is 9.53 Å². The monoisotopic (exact) mass is 269 g/mol. The maximum absolute atomic E-state index is 11.4. The number of unbranched alkanes of at least 4 members (excludes halogenated alkanes) is 10. The van der Waals surface area contributed by atoms with Crippen LogP contribution in [-0.4, -0.2) is 12.6 Å². The zero-order chi connectivity index (χ0) is 14.2. The predicted octanol–water partition coefficient (Wildman–Crippen LogP) is 5.45. The molecule has 0 saturated heterocycles. The summed E-state index contributed by atoms with van der Waals surface area (Å²) < 4.78 is 5.23. The van der Waals surface area contributed by atoms with Crippen LogP contribution in [0.1, 0.15) is 90.4 Å². The van der Waals surface area contributed by atoms with Crippen LogP contribution < -0.4 is 0 Å². The molecule has 0 fully saturated rings. The maximum Gasteiger partial charge on any atom is 0.305 e. The average Bonchev–Trinajstić information content (AvgIpc) is 2.41. The third-order valence-corrected chi connectivity index (χ3v) is 3.39. The molecular weight excluding hydrogens is 236 g/mol. The van der Waals surface area contributed by atoms with E-state index in [-0.39, 0.29) is 5.97 Å². The first-order chi connectivity index (χ1) is 9.31. The Labute approximate surface area is 120 Å². The zero-order valence-electron chi connectivity index (χ0n) is 12.9. The van der Waals surface area contributed by atoms with Crippen LogP contribution in [0.15, 0.2) is 0 Å². The van der Waals surface area contributed by atoms with E-state index in [4.69, 9.17) is 4.74 Å². The van der Waals surface area contributed by atoms with E-state index in [1.54, 1.807) is 0 Å². The van der Waals surface area contributed by atoms with Gasteiger partial charge in [0.2, 0.25) is 0 Å². The van der Waals surface area contributed by atoms with Crippen LogP contribution in [0, 0.1) is 6.92 Å². The summed E-state index contributed by atoms with van der Waals surface area (Å²) in [6, 6.07) is 0. The van der Waals surface area contributed by atoms with Gasteiger partial charge in [-0.05, 0) is 12.8 Å². The van der Waals surface area contributed by atoms with Crippen molar-refractivity contribution in [3.8, 4) is 0 Å². The standard InChI is InChI=1S/C17H33O2/c1-3-5-7-9-11-13-15-17(18)19-16-14-12-10-8-6-4-2/h1,3-16H2,2H3. The van der Waals surface area contributed by atoms with Gasteiger partial charge in [-0.15, -0.1) is 0 Å². The fourth-order valence-corrected chi connectivity index (χ4v) is 2.12. The van der Waals surface area contributed by atoms with Crippen LogP contribution in [0.3, 0.4) is 0 Å². The van der Waals surface area contributed by atoms with E-state index in [2.05, 4.69) is 13.8 Å². The molecule has 0 saturated carbocycles. The second-order valence-corrected chi connectivity index (χ2v) is 5.36. The van der Waals surface area contributed by atoms with Crippen molar-refractivity contribution in [3.63, 3.8) is 0 Å². The maximum atomic E-state index is 11.4. The molecule has 0 bridgehead atoms. The molecule has 0 N–H and O–H groups in total.